The number of esters is 1. The highest BCUT2D eigenvalue weighted by molar-refractivity contribution is 5.73. The topological polar surface area (TPSA) is 64.6 Å². The second-order valence-electron chi connectivity index (χ2n) is 6.93. The maximum absolute atomic E-state index is 12.0. The van der Waals surface area contributed by atoms with Gasteiger partial charge in [0.1, 0.15) is 11.4 Å². The monoisotopic (exact) mass is 319 g/mol. The summed E-state index contributed by atoms with van der Waals surface area (Å²) in [4.78, 5) is 23.9. The van der Waals surface area contributed by atoms with Crippen molar-refractivity contribution in [3.8, 4) is 5.75 Å². The van der Waals surface area contributed by atoms with Crippen LogP contribution in [0.25, 0.3) is 0 Å². The minimum atomic E-state index is -0.453. The van der Waals surface area contributed by atoms with E-state index in [4.69, 9.17) is 9.47 Å². The average molecular weight is 319 g/mol. The zero-order chi connectivity index (χ0) is 16.9. The average Bonchev–Trinajstić information content (AvgIpc) is 2.47. The van der Waals surface area contributed by atoms with Gasteiger partial charge in [0, 0.05) is 6.04 Å². The van der Waals surface area contributed by atoms with Crippen LogP contribution in [-0.2, 0) is 9.53 Å². The van der Waals surface area contributed by atoms with Crippen molar-refractivity contribution in [2.75, 3.05) is 0 Å². The quantitative estimate of drug-likeness (QED) is 0.863. The molecule has 1 aromatic rings. The van der Waals surface area contributed by atoms with Gasteiger partial charge in [0.25, 0.3) is 0 Å². The van der Waals surface area contributed by atoms with Crippen LogP contribution in [0.5, 0.6) is 5.75 Å². The lowest BCUT2D eigenvalue weighted by molar-refractivity contribution is -0.161. The molecule has 1 aliphatic carbocycles. The molecule has 2 rings (SSSR count). The van der Waals surface area contributed by atoms with Gasteiger partial charge in [-0.25, -0.2) is 4.79 Å². The Balaban J connectivity index is 1.74. The predicted octanol–water partition coefficient (Wildman–Crippen LogP) is 3.68. The predicted molar refractivity (Wildman–Crippen MR) is 87.2 cm³/mol. The van der Waals surface area contributed by atoms with E-state index in [2.05, 4.69) is 5.32 Å². The summed E-state index contributed by atoms with van der Waals surface area (Å²) in [7, 11) is 0. The molecule has 5 heteroatoms. The van der Waals surface area contributed by atoms with Crippen LogP contribution >= 0.6 is 0 Å². The summed E-state index contributed by atoms with van der Waals surface area (Å²) >= 11 is 0. The van der Waals surface area contributed by atoms with Crippen LogP contribution in [0, 0.1) is 5.92 Å². The van der Waals surface area contributed by atoms with Crippen molar-refractivity contribution < 1.29 is 19.1 Å². The summed E-state index contributed by atoms with van der Waals surface area (Å²) in [6, 6.07) is 9.01. The highest BCUT2D eigenvalue weighted by Crippen LogP contribution is 2.27. The second kappa shape index (κ2) is 7.49. The van der Waals surface area contributed by atoms with Gasteiger partial charge < -0.3 is 14.8 Å². The van der Waals surface area contributed by atoms with Gasteiger partial charge in [-0.2, -0.15) is 0 Å². The first-order valence-electron chi connectivity index (χ1n) is 8.10. The number of amides is 1. The molecular formula is C18H25NO4. The van der Waals surface area contributed by atoms with Crippen molar-refractivity contribution in [2.24, 2.45) is 5.92 Å². The number of hydrogen-bond acceptors (Lipinski definition) is 4. The zero-order valence-electron chi connectivity index (χ0n) is 14.0. The number of carbonyl (C=O) groups excluding carboxylic acids is 2. The Kier molecular flexibility index (Phi) is 5.64. The number of benzene rings is 1. The molecule has 1 saturated carbocycles. The van der Waals surface area contributed by atoms with E-state index in [1.54, 1.807) is 12.1 Å². The molecule has 0 aliphatic heterocycles. The van der Waals surface area contributed by atoms with Gasteiger partial charge in [0.05, 0.1) is 5.92 Å². The second-order valence-corrected chi connectivity index (χ2v) is 6.93. The van der Waals surface area contributed by atoms with E-state index in [-0.39, 0.29) is 17.9 Å². The van der Waals surface area contributed by atoms with E-state index in [1.165, 1.54) is 0 Å². The van der Waals surface area contributed by atoms with Gasteiger partial charge in [-0.15, -0.1) is 0 Å². The smallest absolute Gasteiger partial charge is 0.412 e. The van der Waals surface area contributed by atoms with Crippen LogP contribution in [0.1, 0.15) is 46.5 Å². The Morgan fingerprint density at radius 1 is 1.04 bits per heavy atom. The molecule has 23 heavy (non-hydrogen) atoms. The Bertz CT molecular complexity index is 528. The molecule has 1 aliphatic rings. The van der Waals surface area contributed by atoms with Crippen molar-refractivity contribution >= 4 is 12.1 Å². The fourth-order valence-electron chi connectivity index (χ4n) is 2.65. The number of nitrogens with one attached hydrogen (secondary N) is 1. The molecule has 126 valence electrons. The van der Waals surface area contributed by atoms with Gasteiger partial charge >= 0.3 is 12.1 Å². The molecule has 1 fully saturated rings. The first kappa shape index (κ1) is 17.3. The first-order chi connectivity index (χ1) is 10.8. The molecule has 1 aromatic carbocycles. The first-order valence-corrected chi connectivity index (χ1v) is 8.10. The summed E-state index contributed by atoms with van der Waals surface area (Å²) in [5, 5.41) is 2.86. The zero-order valence-corrected chi connectivity index (χ0v) is 14.0. The van der Waals surface area contributed by atoms with Crippen LogP contribution in [0.4, 0.5) is 4.79 Å². The molecule has 0 atom stereocenters. The molecule has 0 heterocycles. The van der Waals surface area contributed by atoms with E-state index in [1.807, 2.05) is 39.0 Å². The lowest BCUT2D eigenvalue weighted by Gasteiger charge is -2.30. The molecule has 0 unspecified atom stereocenters. The Labute approximate surface area is 137 Å². The molecular weight excluding hydrogens is 294 g/mol. The summed E-state index contributed by atoms with van der Waals surface area (Å²) in [5.74, 6) is 0.313. The van der Waals surface area contributed by atoms with Gasteiger partial charge in [-0.05, 0) is 58.6 Å². The third-order valence-corrected chi connectivity index (χ3v) is 3.74. The highest BCUT2D eigenvalue weighted by Gasteiger charge is 2.30. The fraction of sp³-hybridized carbons (Fsp3) is 0.556. The third-order valence-electron chi connectivity index (χ3n) is 3.74. The van der Waals surface area contributed by atoms with E-state index in [0.717, 1.165) is 25.7 Å². The molecule has 0 aromatic heterocycles. The van der Waals surface area contributed by atoms with E-state index < -0.39 is 11.7 Å². The summed E-state index contributed by atoms with van der Waals surface area (Å²) in [6.07, 6.45) is 2.52. The Morgan fingerprint density at radius 2 is 1.65 bits per heavy atom. The third kappa shape index (κ3) is 5.93. The molecule has 0 spiro atoms. The summed E-state index contributed by atoms with van der Waals surface area (Å²) < 4.78 is 10.6. The van der Waals surface area contributed by atoms with Crippen molar-refractivity contribution in [1.82, 2.24) is 5.32 Å². The van der Waals surface area contributed by atoms with Crippen molar-refractivity contribution in [3.63, 3.8) is 0 Å². The maximum Gasteiger partial charge on any atom is 0.412 e. The van der Waals surface area contributed by atoms with Crippen LogP contribution in [-0.4, -0.2) is 23.7 Å². The molecule has 1 N–H and O–H groups in total. The number of ether oxygens (including phenoxy) is 2. The summed E-state index contributed by atoms with van der Waals surface area (Å²) in [6.45, 7) is 5.62. The van der Waals surface area contributed by atoms with Crippen LogP contribution < -0.4 is 10.1 Å². The SMILES string of the molecule is CC(C)(C)OC(=O)C1CCC(NC(=O)Oc2ccccc2)CC1. The highest BCUT2D eigenvalue weighted by atomic mass is 16.6. The normalized spacial score (nSPS) is 21.3. The Hall–Kier alpha value is -2.04. The van der Waals surface area contributed by atoms with Gasteiger partial charge in [-0.1, -0.05) is 18.2 Å². The van der Waals surface area contributed by atoms with E-state index >= 15 is 0 Å². The van der Waals surface area contributed by atoms with Crippen molar-refractivity contribution in [2.45, 2.75) is 58.1 Å². The van der Waals surface area contributed by atoms with Crippen LogP contribution in [0.15, 0.2) is 30.3 Å². The number of carbonyl (C=O) groups is 2. The minimum Gasteiger partial charge on any atom is -0.460 e. The summed E-state index contributed by atoms with van der Waals surface area (Å²) in [5.41, 5.74) is -0.453. The van der Waals surface area contributed by atoms with Crippen LogP contribution in [0.3, 0.4) is 0 Å². The Morgan fingerprint density at radius 3 is 2.22 bits per heavy atom. The van der Waals surface area contributed by atoms with Crippen molar-refractivity contribution in [1.29, 1.82) is 0 Å². The van der Waals surface area contributed by atoms with Crippen molar-refractivity contribution in [3.05, 3.63) is 30.3 Å². The minimum absolute atomic E-state index is 0.0462. The number of para-hydroxylation sites is 1. The van der Waals surface area contributed by atoms with E-state index in [9.17, 15) is 9.59 Å². The molecule has 0 radical (unpaired) electrons. The molecule has 5 nitrogen and oxygen atoms in total. The van der Waals surface area contributed by atoms with Crippen LogP contribution in [0.2, 0.25) is 0 Å². The maximum atomic E-state index is 12.0. The van der Waals surface area contributed by atoms with Gasteiger partial charge in [0.2, 0.25) is 0 Å². The van der Waals surface area contributed by atoms with Gasteiger partial charge in [0.15, 0.2) is 0 Å². The lowest BCUT2D eigenvalue weighted by Crippen LogP contribution is -2.41. The van der Waals surface area contributed by atoms with Gasteiger partial charge in [-0.3, -0.25) is 4.79 Å². The molecule has 1 amide bonds. The number of rotatable bonds is 3. The molecule has 0 bridgehead atoms. The van der Waals surface area contributed by atoms with E-state index in [0.29, 0.717) is 5.75 Å². The largest absolute Gasteiger partial charge is 0.460 e. The standard InChI is InChI=1S/C18H25NO4/c1-18(2,3)23-16(20)13-9-11-14(12-10-13)19-17(21)22-15-7-5-4-6-8-15/h4-8,13-14H,9-12H2,1-3H3,(H,19,21). The fourth-order valence-corrected chi connectivity index (χ4v) is 2.65. The number of hydrogen-bond donors (Lipinski definition) is 1. The lowest BCUT2D eigenvalue weighted by atomic mass is 9.86. The molecule has 0 saturated heterocycles.